The summed E-state index contributed by atoms with van der Waals surface area (Å²) in [5.74, 6) is 0. The predicted molar refractivity (Wildman–Crippen MR) is 89.4 cm³/mol. The summed E-state index contributed by atoms with van der Waals surface area (Å²) in [6.45, 7) is 3.47. The van der Waals surface area contributed by atoms with Crippen molar-refractivity contribution < 1.29 is 13.6 Å². The lowest BCUT2D eigenvalue weighted by atomic mass is 10.1. The van der Waals surface area contributed by atoms with Gasteiger partial charge in [0.1, 0.15) is 11.4 Å². The zero-order valence-electron chi connectivity index (χ0n) is 12.8. The van der Waals surface area contributed by atoms with E-state index in [2.05, 4.69) is 15.1 Å². The molecule has 0 saturated carbocycles. The molecule has 23 heavy (non-hydrogen) atoms. The molecule has 2 aromatic rings. The van der Waals surface area contributed by atoms with Gasteiger partial charge in [0.15, 0.2) is 0 Å². The van der Waals surface area contributed by atoms with Gasteiger partial charge < -0.3 is 5.21 Å². The van der Waals surface area contributed by atoms with Gasteiger partial charge in [-0.05, 0) is 26.0 Å². The molecule has 0 heterocycles. The van der Waals surface area contributed by atoms with E-state index in [-0.39, 0.29) is 16.3 Å². The summed E-state index contributed by atoms with van der Waals surface area (Å²) < 4.78 is 24.4. The summed E-state index contributed by atoms with van der Waals surface area (Å²) >= 11 is 0. The average Bonchev–Trinajstić information content (AvgIpc) is 2.57. The van der Waals surface area contributed by atoms with Crippen molar-refractivity contribution in [2.75, 3.05) is 0 Å². The Morgan fingerprint density at radius 3 is 2.22 bits per heavy atom. The zero-order valence-corrected chi connectivity index (χ0v) is 13.6. The molecule has 6 nitrogen and oxygen atoms in total. The maximum absolute atomic E-state index is 12.2. The van der Waals surface area contributed by atoms with Gasteiger partial charge in [0.2, 0.25) is 0 Å². The third kappa shape index (κ3) is 4.17. The highest BCUT2D eigenvalue weighted by molar-refractivity contribution is 7.89. The smallest absolute Gasteiger partial charge is 0.276 e. The van der Waals surface area contributed by atoms with Crippen LogP contribution in [0.25, 0.3) is 0 Å². The van der Waals surface area contributed by atoms with Gasteiger partial charge in [-0.15, -0.1) is 0 Å². The Morgan fingerprint density at radius 2 is 1.65 bits per heavy atom. The number of oxime groups is 1. The minimum absolute atomic E-state index is 0.102. The highest BCUT2D eigenvalue weighted by Crippen LogP contribution is 2.09. The second-order valence-electron chi connectivity index (χ2n) is 4.92. The van der Waals surface area contributed by atoms with Crippen LogP contribution in [-0.2, 0) is 10.0 Å². The van der Waals surface area contributed by atoms with Crippen molar-refractivity contribution in [2.45, 2.75) is 18.7 Å². The molecule has 0 atom stereocenters. The molecular weight excluding hydrogens is 314 g/mol. The topological polar surface area (TPSA) is 91.1 Å². The van der Waals surface area contributed by atoms with Gasteiger partial charge in [-0.25, -0.2) is 0 Å². The molecule has 7 heteroatoms. The lowest BCUT2D eigenvalue weighted by molar-refractivity contribution is 0.320. The van der Waals surface area contributed by atoms with Crippen molar-refractivity contribution in [3.63, 3.8) is 0 Å². The molecule has 2 rings (SSSR count). The van der Waals surface area contributed by atoms with Gasteiger partial charge in [0, 0.05) is 5.56 Å². The van der Waals surface area contributed by atoms with Crippen molar-refractivity contribution in [1.82, 2.24) is 4.83 Å². The first-order chi connectivity index (χ1) is 10.9. The highest BCUT2D eigenvalue weighted by atomic mass is 32.2. The molecule has 0 bridgehead atoms. The van der Waals surface area contributed by atoms with E-state index in [9.17, 15) is 8.42 Å². The molecule has 0 spiro atoms. The number of hydrogen-bond donors (Lipinski definition) is 2. The zero-order chi connectivity index (χ0) is 16.9. The summed E-state index contributed by atoms with van der Waals surface area (Å²) in [4.78, 5) is 2.27. The molecule has 2 N–H and O–H groups in total. The number of aryl methyl sites for hydroxylation is 1. The number of nitrogens with zero attached hydrogens (tertiary/aromatic N) is 2. The Kier molecular flexibility index (Phi) is 5.13. The first-order valence-electron chi connectivity index (χ1n) is 6.84. The summed E-state index contributed by atoms with van der Waals surface area (Å²) in [7, 11) is -3.79. The molecule has 0 unspecified atom stereocenters. The molecular formula is C16H17N3O3S. The van der Waals surface area contributed by atoms with Crippen molar-refractivity contribution >= 4 is 21.4 Å². The number of hydrazone groups is 1. The number of sulfonamides is 1. The van der Waals surface area contributed by atoms with Crippen LogP contribution in [0.15, 0.2) is 69.7 Å². The van der Waals surface area contributed by atoms with Gasteiger partial charge in [-0.3, -0.25) is 0 Å². The average molecular weight is 331 g/mol. The third-order valence-electron chi connectivity index (χ3n) is 3.15. The van der Waals surface area contributed by atoms with Crippen LogP contribution in [-0.4, -0.2) is 25.0 Å². The first-order valence-corrected chi connectivity index (χ1v) is 8.33. The minimum atomic E-state index is -3.79. The Bertz CT molecular complexity index is 827. The second kappa shape index (κ2) is 7.06. The number of hydrogen-bond acceptors (Lipinski definition) is 5. The van der Waals surface area contributed by atoms with Crippen molar-refractivity contribution in [1.29, 1.82) is 0 Å². The van der Waals surface area contributed by atoms with Crippen LogP contribution in [0, 0.1) is 6.92 Å². The van der Waals surface area contributed by atoms with Gasteiger partial charge in [0.05, 0.1) is 4.90 Å². The maximum atomic E-state index is 12.2. The van der Waals surface area contributed by atoms with Crippen molar-refractivity contribution in [3.05, 3.63) is 65.7 Å². The standard InChI is InChI=1S/C16H17N3O3S/c1-12-8-10-14(11-9-12)16(13(2)18-20)17-19-23(21,22)15-6-4-3-5-7-15/h3-11,19-20H,1-2H3/b17-16+,18-13+. The largest absolute Gasteiger partial charge is 0.411 e. The van der Waals surface area contributed by atoms with E-state index in [0.29, 0.717) is 5.56 Å². The van der Waals surface area contributed by atoms with Crippen LogP contribution in [0.1, 0.15) is 18.1 Å². The summed E-state index contributed by atoms with van der Waals surface area (Å²) in [6, 6.07) is 15.2. The Morgan fingerprint density at radius 1 is 1.04 bits per heavy atom. The van der Waals surface area contributed by atoms with Crippen molar-refractivity contribution in [3.8, 4) is 0 Å². The van der Waals surface area contributed by atoms with Crippen LogP contribution in [0.5, 0.6) is 0 Å². The summed E-state index contributed by atoms with van der Waals surface area (Å²) in [5, 5.41) is 16.0. The molecule has 0 aliphatic carbocycles. The number of nitrogens with one attached hydrogen (secondary N) is 1. The van der Waals surface area contributed by atoms with E-state index in [0.717, 1.165) is 5.56 Å². The fraction of sp³-hybridized carbons (Fsp3) is 0.125. The molecule has 0 aromatic heterocycles. The van der Waals surface area contributed by atoms with Crippen LogP contribution in [0.4, 0.5) is 0 Å². The Hall–Kier alpha value is -2.67. The van der Waals surface area contributed by atoms with E-state index in [1.54, 1.807) is 30.3 Å². The molecule has 0 fully saturated rings. The normalized spacial score (nSPS) is 13.0. The molecule has 0 amide bonds. The third-order valence-corrected chi connectivity index (χ3v) is 4.37. The van der Waals surface area contributed by atoms with Gasteiger partial charge in [-0.1, -0.05) is 53.2 Å². The fourth-order valence-corrected chi connectivity index (χ4v) is 2.70. The van der Waals surface area contributed by atoms with Crippen LogP contribution in [0.3, 0.4) is 0 Å². The first kappa shape index (κ1) is 16.7. The summed E-state index contributed by atoms with van der Waals surface area (Å²) in [6.07, 6.45) is 0. The monoisotopic (exact) mass is 331 g/mol. The van der Waals surface area contributed by atoms with Crippen LogP contribution < -0.4 is 4.83 Å². The lowest BCUT2D eigenvalue weighted by Gasteiger charge is -2.08. The number of rotatable bonds is 5. The van der Waals surface area contributed by atoms with E-state index >= 15 is 0 Å². The van der Waals surface area contributed by atoms with Crippen LogP contribution >= 0.6 is 0 Å². The van der Waals surface area contributed by atoms with Crippen molar-refractivity contribution in [2.24, 2.45) is 10.3 Å². The molecule has 0 aliphatic heterocycles. The van der Waals surface area contributed by atoms with Crippen LogP contribution in [0.2, 0.25) is 0 Å². The Labute approximate surface area is 135 Å². The van der Waals surface area contributed by atoms with Gasteiger partial charge >= 0.3 is 0 Å². The molecule has 0 aliphatic rings. The van der Waals surface area contributed by atoms with Gasteiger partial charge in [-0.2, -0.15) is 18.4 Å². The Balaban J connectivity index is 2.37. The maximum Gasteiger partial charge on any atom is 0.276 e. The molecule has 0 radical (unpaired) electrons. The van der Waals surface area contributed by atoms with E-state index in [1.165, 1.54) is 19.1 Å². The fourth-order valence-electron chi connectivity index (χ4n) is 1.87. The summed E-state index contributed by atoms with van der Waals surface area (Å²) in [5.41, 5.74) is 2.13. The van der Waals surface area contributed by atoms with E-state index < -0.39 is 10.0 Å². The number of benzene rings is 2. The molecule has 0 saturated heterocycles. The van der Waals surface area contributed by atoms with E-state index in [1.807, 2.05) is 19.1 Å². The van der Waals surface area contributed by atoms with E-state index in [4.69, 9.17) is 5.21 Å². The second-order valence-corrected chi connectivity index (χ2v) is 6.58. The highest BCUT2D eigenvalue weighted by Gasteiger charge is 2.14. The minimum Gasteiger partial charge on any atom is -0.411 e. The molecule has 2 aromatic carbocycles. The lowest BCUT2D eigenvalue weighted by Crippen LogP contribution is -2.23. The predicted octanol–water partition coefficient (Wildman–Crippen LogP) is 2.53. The quantitative estimate of drug-likeness (QED) is 0.501. The molecule has 120 valence electrons. The van der Waals surface area contributed by atoms with Gasteiger partial charge in [0.25, 0.3) is 10.0 Å². The SMILES string of the molecule is CC(=N\O)/C(=N\NS(=O)(=O)c1ccccc1)c1ccc(C)cc1.